The number of rotatable bonds is 4. The molecule has 2 aromatic heterocycles. The Morgan fingerprint density at radius 2 is 0.517 bits per heavy atom. The molecule has 274 valence electrons. The van der Waals surface area contributed by atoms with Gasteiger partial charge >= 0.3 is 0 Å². The smallest absolute Gasteiger partial charge is 0.136 e. The van der Waals surface area contributed by atoms with E-state index in [4.69, 9.17) is 0 Å². The lowest BCUT2D eigenvalue weighted by atomic mass is 9.20. The number of hydrogen-bond acceptors (Lipinski definition) is 2. The lowest BCUT2D eigenvalue weighted by molar-refractivity contribution is 1.72. The first kappa shape index (κ1) is 34.5. The Balaban J connectivity index is 1.19. The minimum atomic E-state index is 0.0517. The topological polar surface area (TPSA) is 0 Å². The summed E-state index contributed by atoms with van der Waals surface area (Å²) in [6.07, 6.45) is 0. The molecule has 2 aliphatic heterocycles. The zero-order valence-corrected chi connectivity index (χ0v) is 34.4. The van der Waals surface area contributed by atoms with E-state index >= 15 is 0 Å². The summed E-state index contributed by atoms with van der Waals surface area (Å²) in [5.41, 5.74) is 16.8. The molecular formula is C54H34B4S2. The normalized spacial score (nSPS) is 13.2. The van der Waals surface area contributed by atoms with Crippen molar-refractivity contribution >= 4 is 155 Å². The zero-order valence-electron chi connectivity index (χ0n) is 32.8. The van der Waals surface area contributed by atoms with Crippen LogP contribution in [0.2, 0.25) is 0 Å². The minimum absolute atomic E-state index is 0.0517. The predicted octanol–water partition coefficient (Wildman–Crippen LogP) is 5.11. The van der Waals surface area contributed by atoms with E-state index in [9.17, 15) is 0 Å². The number of thiophene rings is 2. The van der Waals surface area contributed by atoms with Crippen LogP contribution in [-0.4, -0.2) is 26.9 Å². The van der Waals surface area contributed by atoms with Crippen molar-refractivity contribution in [3.63, 3.8) is 0 Å². The van der Waals surface area contributed by atoms with E-state index in [0.29, 0.717) is 0 Å². The monoisotopic (exact) mass is 790 g/mol. The summed E-state index contributed by atoms with van der Waals surface area (Å²) < 4.78 is 5.51. The van der Waals surface area contributed by atoms with E-state index in [0.717, 1.165) is 0 Å². The van der Waals surface area contributed by atoms with Crippen LogP contribution >= 0.6 is 22.7 Å². The third-order valence-corrected chi connectivity index (χ3v) is 15.9. The van der Waals surface area contributed by atoms with Gasteiger partial charge in [-0.15, -0.1) is 22.7 Å². The SMILES string of the molecule is c1ccc(B2c3ccccc3B(c3c4sc5ccccc5c4c(B4c5ccccc5B(c5ccccc5)c5ccccc54)c4sc5ccccc5c34)c3ccccc32)cc1. The maximum atomic E-state index is 2.43. The van der Waals surface area contributed by atoms with E-state index in [1.807, 2.05) is 22.7 Å². The molecule has 0 atom stereocenters. The summed E-state index contributed by atoms with van der Waals surface area (Å²) in [4.78, 5) is 0. The van der Waals surface area contributed by atoms with Gasteiger partial charge in [0.1, 0.15) is 0 Å². The Morgan fingerprint density at radius 1 is 0.250 bits per heavy atom. The van der Waals surface area contributed by atoms with E-state index in [2.05, 4.69) is 206 Å². The summed E-state index contributed by atoms with van der Waals surface area (Å²) in [5.74, 6) is 0. The van der Waals surface area contributed by atoms with Crippen molar-refractivity contribution in [3.05, 3.63) is 206 Å². The summed E-state index contributed by atoms with van der Waals surface area (Å²) >= 11 is 4.00. The number of benzene rings is 9. The van der Waals surface area contributed by atoms with Crippen LogP contribution in [0.5, 0.6) is 0 Å². The molecular weight excluding hydrogens is 756 g/mol. The highest BCUT2D eigenvalue weighted by molar-refractivity contribution is 7.32. The summed E-state index contributed by atoms with van der Waals surface area (Å²) in [7, 11) is 0. The Hall–Kier alpha value is -6.32. The first-order chi connectivity index (χ1) is 29.8. The lowest BCUT2D eigenvalue weighted by Crippen LogP contribution is -2.75. The van der Waals surface area contributed by atoms with Crippen LogP contribution in [0.15, 0.2) is 206 Å². The van der Waals surface area contributed by atoms with Crippen LogP contribution in [-0.2, 0) is 0 Å². The molecule has 0 amide bonds. The molecule has 0 fully saturated rings. The Morgan fingerprint density at radius 3 is 0.850 bits per heavy atom. The molecule has 0 radical (unpaired) electrons. The highest BCUT2D eigenvalue weighted by Crippen LogP contribution is 2.40. The zero-order chi connectivity index (χ0) is 39.3. The van der Waals surface area contributed by atoms with Crippen LogP contribution in [0.3, 0.4) is 0 Å². The quantitative estimate of drug-likeness (QED) is 0.218. The van der Waals surface area contributed by atoms with Gasteiger partial charge in [-0.05, 0) is 44.6 Å². The van der Waals surface area contributed by atoms with Gasteiger partial charge in [-0.2, -0.15) is 0 Å². The van der Waals surface area contributed by atoms with Crippen LogP contribution in [0.25, 0.3) is 40.3 Å². The molecule has 0 saturated heterocycles. The standard InChI is InChI=1S/C54H34B4S2/c1-3-19-35(20-4-1)55-39-25-9-13-29-43(39)57(44-30-14-10-26-40(44)55)51-49-37-23-7-17-33-47(37)60-54(49)52(50-38-24-8-18-34-48(38)59-53(50)51)58-45-31-15-11-27-41(45)56(36-21-5-2-6-22-36)42-28-12-16-32-46(42)58/h1-34H. The van der Waals surface area contributed by atoms with Gasteiger partial charge in [-0.3, -0.25) is 0 Å². The van der Waals surface area contributed by atoms with E-state index < -0.39 is 0 Å². The molecule has 2 aliphatic rings. The molecule has 0 spiro atoms. The first-order valence-electron chi connectivity index (χ1n) is 21.1. The maximum absolute atomic E-state index is 2.43. The molecule has 6 heteroatoms. The van der Waals surface area contributed by atoms with Gasteiger partial charge in [0.25, 0.3) is 0 Å². The van der Waals surface area contributed by atoms with Crippen molar-refractivity contribution in [1.82, 2.24) is 0 Å². The van der Waals surface area contributed by atoms with Gasteiger partial charge in [0.05, 0.1) is 0 Å². The van der Waals surface area contributed by atoms with E-state index in [-0.39, 0.29) is 26.9 Å². The second-order valence-electron chi connectivity index (χ2n) is 16.5. The molecule has 0 aliphatic carbocycles. The lowest BCUT2D eigenvalue weighted by Gasteiger charge is -2.34. The van der Waals surface area contributed by atoms with Crippen molar-refractivity contribution in [2.24, 2.45) is 0 Å². The second kappa shape index (κ2) is 13.6. The van der Waals surface area contributed by atoms with Crippen molar-refractivity contribution in [3.8, 4) is 0 Å². The van der Waals surface area contributed by atoms with Crippen molar-refractivity contribution in [2.75, 3.05) is 0 Å². The third-order valence-electron chi connectivity index (χ3n) is 13.5. The maximum Gasteiger partial charge on any atom is 0.242 e. The highest BCUT2D eigenvalue weighted by atomic mass is 32.1. The molecule has 0 saturated carbocycles. The van der Waals surface area contributed by atoms with E-state index in [1.165, 1.54) is 106 Å². The summed E-state index contributed by atoms with van der Waals surface area (Å²) in [6.45, 7) is 0.427. The van der Waals surface area contributed by atoms with Gasteiger partial charge in [-0.1, -0.05) is 249 Å². The van der Waals surface area contributed by atoms with Crippen LogP contribution in [0, 0.1) is 0 Å². The Kier molecular flexibility index (Phi) is 7.83. The number of hydrogen-bond donors (Lipinski definition) is 0. The predicted molar refractivity (Wildman–Crippen MR) is 269 cm³/mol. The molecule has 0 unspecified atom stereocenters. The largest absolute Gasteiger partial charge is 0.242 e. The van der Waals surface area contributed by atoms with Crippen molar-refractivity contribution in [2.45, 2.75) is 0 Å². The Labute approximate surface area is 359 Å². The number of fused-ring (bicyclic) bond motifs is 10. The molecule has 11 aromatic rings. The van der Waals surface area contributed by atoms with Gasteiger partial charge < -0.3 is 0 Å². The molecule has 13 rings (SSSR count). The highest BCUT2D eigenvalue weighted by Gasteiger charge is 2.44. The van der Waals surface area contributed by atoms with Crippen molar-refractivity contribution in [1.29, 1.82) is 0 Å². The molecule has 9 aromatic carbocycles. The van der Waals surface area contributed by atoms with Crippen molar-refractivity contribution < 1.29 is 0 Å². The van der Waals surface area contributed by atoms with Gasteiger partial charge in [0, 0.05) is 18.8 Å². The summed E-state index contributed by atoms with van der Waals surface area (Å²) in [5, 5.41) is 5.54. The third kappa shape index (κ3) is 4.95. The van der Waals surface area contributed by atoms with E-state index in [1.54, 1.807) is 0 Å². The fourth-order valence-electron chi connectivity index (χ4n) is 11.2. The second-order valence-corrected chi connectivity index (χ2v) is 18.6. The van der Waals surface area contributed by atoms with Crippen LogP contribution < -0.4 is 65.6 Å². The average Bonchev–Trinajstić information content (AvgIpc) is 3.89. The minimum Gasteiger partial charge on any atom is -0.136 e. The first-order valence-corrected chi connectivity index (χ1v) is 22.7. The fourth-order valence-corrected chi connectivity index (χ4v) is 13.8. The Bertz CT molecular complexity index is 3150. The molecule has 0 N–H and O–H groups in total. The summed E-state index contributed by atoms with van der Waals surface area (Å²) in [6, 6.07) is 78.0. The molecule has 0 bridgehead atoms. The molecule has 0 nitrogen and oxygen atoms in total. The molecule has 60 heavy (non-hydrogen) atoms. The fraction of sp³-hybridized carbons (Fsp3) is 0. The average molecular weight is 790 g/mol. The van der Waals surface area contributed by atoms with Crippen LogP contribution in [0.4, 0.5) is 0 Å². The van der Waals surface area contributed by atoms with Gasteiger partial charge in [0.2, 0.25) is 26.9 Å². The van der Waals surface area contributed by atoms with Gasteiger partial charge in [-0.25, -0.2) is 0 Å². The van der Waals surface area contributed by atoms with Crippen LogP contribution in [0.1, 0.15) is 0 Å². The molecule has 4 heterocycles. The van der Waals surface area contributed by atoms with Gasteiger partial charge in [0.15, 0.2) is 0 Å².